The van der Waals surface area contributed by atoms with E-state index in [0.29, 0.717) is 33.9 Å². The summed E-state index contributed by atoms with van der Waals surface area (Å²) in [5.74, 6) is 1.24. The monoisotopic (exact) mass is 415 g/mol. The Bertz CT molecular complexity index is 661. The second-order valence-electron chi connectivity index (χ2n) is 4.80. The molecule has 0 N–H and O–H groups in total. The van der Waals surface area contributed by atoms with Gasteiger partial charge in [-0.25, -0.2) is 0 Å². The Morgan fingerprint density at radius 1 is 1.39 bits per heavy atom. The summed E-state index contributed by atoms with van der Waals surface area (Å²) < 4.78 is 12.3. The van der Waals surface area contributed by atoms with E-state index in [2.05, 4.69) is 15.9 Å². The van der Waals surface area contributed by atoms with Gasteiger partial charge in [-0.1, -0.05) is 30.9 Å². The van der Waals surface area contributed by atoms with Crippen molar-refractivity contribution >= 4 is 56.2 Å². The van der Waals surface area contributed by atoms with Gasteiger partial charge in [-0.3, -0.25) is 9.69 Å². The van der Waals surface area contributed by atoms with Gasteiger partial charge in [0.2, 0.25) is 0 Å². The third-order valence-electron chi connectivity index (χ3n) is 3.15. The van der Waals surface area contributed by atoms with Gasteiger partial charge in [-0.2, -0.15) is 0 Å². The molecule has 0 spiro atoms. The summed E-state index contributed by atoms with van der Waals surface area (Å²) in [4.78, 5) is 14.7. The number of thioether (sulfide) groups is 1. The highest BCUT2D eigenvalue weighted by molar-refractivity contribution is 9.10. The molecular weight excluding hydrogens is 398 g/mol. The quantitative estimate of drug-likeness (QED) is 0.506. The second kappa shape index (κ2) is 8.17. The number of hydrogen-bond donors (Lipinski definition) is 0. The van der Waals surface area contributed by atoms with Gasteiger partial charge in [0, 0.05) is 6.54 Å². The first-order valence-corrected chi connectivity index (χ1v) is 9.29. The molecule has 0 saturated carbocycles. The Labute approximate surface area is 154 Å². The van der Waals surface area contributed by atoms with E-state index in [1.54, 1.807) is 12.0 Å². The predicted octanol–water partition coefficient (Wildman–Crippen LogP) is 4.47. The van der Waals surface area contributed by atoms with Crippen LogP contribution in [0.5, 0.6) is 11.5 Å². The number of methoxy groups -OCH3 is 1. The molecule has 1 aliphatic rings. The first-order chi connectivity index (χ1) is 11.0. The minimum absolute atomic E-state index is 0.0354. The zero-order chi connectivity index (χ0) is 17.0. The molecule has 7 heteroatoms. The number of carbonyl (C=O) groups excluding carboxylic acids is 1. The van der Waals surface area contributed by atoms with Crippen LogP contribution in [0.1, 0.15) is 25.8 Å². The van der Waals surface area contributed by atoms with Crippen LogP contribution >= 0.6 is 39.9 Å². The fraction of sp³-hybridized carbons (Fsp3) is 0.375. The summed E-state index contributed by atoms with van der Waals surface area (Å²) in [6.07, 6.45) is 2.71. The Balaban J connectivity index is 2.36. The molecule has 0 aliphatic carbocycles. The molecule has 1 saturated heterocycles. The van der Waals surface area contributed by atoms with Gasteiger partial charge in [0.1, 0.15) is 4.32 Å². The summed E-state index contributed by atoms with van der Waals surface area (Å²) >= 11 is 10.1. The van der Waals surface area contributed by atoms with E-state index >= 15 is 0 Å². The first kappa shape index (κ1) is 18.3. The molecule has 1 aromatic carbocycles. The molecule has 23 heavy (non-hydrogen) atoms. The molecule has 124 valence electrons. The molecule has 1 heterocycles. The molecule has 4 nitrogen and oxygen atoms in total. The Morgan fingerprint density at radius 2 is 2.13 bits per heavy atom. The fourth-order valence-electron chi connectivity index (χ4n) is 2.20. The zero-order valence-corrected chi connectivity index (χ0v) is 16.4. The average molecular weight is 416 g/mol. The van der Waals surface area contributed by atoms with Crippen LogP contribution in [0.4, 0.5) is 0 Å². The molecule has 0 aromatic heterocycles. The van der Waals surface area contributed by atoms with Gasteiger partial charge >= 0.3 is 0 Å². The third kappa shape index (κ3) is 4.08. The summed E-state index contributed by atoms with van der Waals surface area (Å²) in [7, 11) is 1.60. The van der Waals surface area contributed by atoms with Gasteiger partial charge in [0.25, 0.3) is 5.91 Å². The number of benzene rings is 1. The number of halogens is 1. The van der Waals surface area contributed by atoms with E-state index in [4.69, 9.17) is 21.7 Å². The molecular formula is C16H18BrNO3S2. The lowest BCUT2D eigenvalue weighted by molar-refractivity contribution is -0.122. The van der Waals surface area contributed by atoms with Crippen molar-refractivity contribution in [2.75, 3.05) is 20.3 Å². The lowest BCUT2D eigenvalue weighted by Gasteiger charge is -2.13. The molecule has 0 radical (unpaired) electrons. The SMILES string of the molecule is CCCN1C(=O)/C(=C/c2cc(Br)c(OC)c(OCC)c2)SC1=S. The van der Waals surface area contributed by atoms with Crippen LogP contribution in [0, 0.1) is 0 Å². The molecule has 1 amide bonds. The van der Waals surface area contributed by atoms with E-state index in [0.717, 1.165) is 16.5 Å². The van der Waals surface area contributed by atoms with Crippen molar-refractivity contribution in [2.24, 2.45) is 0 Å². The van der Waals surface area contributed by atoms with Crippen molar-refractivity contribution in [3.8, 4) is 11.5 Å². The van der Waals surface area contributed by atoms with E-state index in [1.165, 1.54) is 11.8 Å². The number of hydrogen-bond acceptors (Lipinski definition) is 5. The topological polar surface area (TPSA) is 38.8 Å². The van der Waals surface area contributed by atoms with Gasteiger partial charge in [-0.05, 0) is 53.0 Å². The van der Waals surface area contributed by atoms with Crippen molar-refractivity contribution in [1.82, 2.24) is 4.90 Å². The highest BCUT2D eigenvalue weighted by Gasteiger charge is 2.31. The number of amides is 1. The van der Waals surface area contributed by atoms with Crippen molar-refractivity contribution in [1.29, 1.82) is 0 Å². The maximum atomic E-state index is 12.4. The van der Waals surface area contributed by atoms with Gasteiger partial charge in [0.05, 0.1) is 23.1 Å². The summed E-state index contributed by atoms with van der Waals surface area (Å²) in [6, 6.07) is 3.76. The molecule has 0 unspecified atom stereocenters. The smallest absolute Gasteiger partial charge is 0.266 e. The number of thiocarbonyl (C=S) groups is 1. The molecule has 0 atom stereocenters. The number of ether oxygens (including phenoxy) is 2. The van der Waals surface area contributed by atoms with Gasteiger partial charge in [-0.15, -0.1) is 0 Å². The van der Waals surface area contributed by atoms with Crippen LogP contribution in [-0.2, 0) is 4.79 Å². The van der Waals surface area contributed by atoms with Crippen molar-refractivity contribution < 1.29 is 14.3 Å². The van der Waals surface area contributed by atoms with E-state index < -0.39 is 0 Å². The molecule has 1 aliphatic heterocycles. The largest absolute Gasteiger partial charge is 0.492 e. The highest BCUT2D eigenvalue weighted by atomic mass is 79.9. The minimum Gasteiger partial charge on any atom is -0.492 e. The van der Waals surface area contributed by atoms with Gasteiger partial charge < -0.3 is 9.47 Å². The van der Waals surface area contributed by atoms with Crippen LogP contribution < -0.4 is 9.47 Å². The lowest BCUT2D eigenvalue weighted by atomic mass is 10.2. The standard InChI is InChI=1S/C16H18BrNO3S2/c1-4-6-18-15(19)13(23-16(18)22)9-10-7-11(17)14(20-3)12(8-10)21-5-2/h7-9H,4-6H2,1-3H3/b13-9-. The first-order valence-electron chi connectivity index (χ1n) is 7.27. The van der Waals surface area contributed by atoms with Gasteiger partial charge in [0.15, 0.2) is 11.5 Å². The Kier molecular flexibility index (Phi) is 6.50. The van der Waals surface area contributed by atoms with E-state index in [1.807, 2.05) is 32.1 Å². The maximum Gasteiger partial charge on any atom is 0.266 e. The third-order valence-corrected chi connectivity index (χ3v) is 5.12. The molecule has 2 rings (SSSR count). The normalized spacial score (nSPS) is 16.3. The van der Waals surface area contributed by atoms with E-state index in [-0.39, 0.29) is 5.91 Å². The molecule has 1 aromatic rings. The fourth-order valence-corrected chi connectivity index (χ4v) is 4.13. The summed E-state index contributed by atoms with van der Waals surface area (Å²) in [5, 5.41) is 0. The van der Waals surface area contributed by atoms with Crippen LogP contribution in [0.15, 0.2) is 21.5 Å². The lowest BCUT2D eigenvalue weighted by Crippen LogP contribution is -2.28. The summed E-state index contributed by atoms with van der Waals surface area (Å²) in [6.45, 7) is 5.12. The highest BCUT2D eigenvalue weighted by Crippen LogP contribution is 2.39. The van der Waals surface area contributed by atoms with Crippen molar-refractivity contribution in [3.05, 3.63) is 27.1 Å². The van der Waals surface area contributed by atoms with Crippen LogP contribution in [0.25, 0.3) is 6.08 Å². The van der Waals surface area contributed by atoms with Crippen molar-refractivity contribution in [2.45, 2.75) is 20.3 Å². The maximum absolute atomic E-state index is 12.4. The van der Waals surface area contributed by atoms with Crippen LogP contribution in [-0.4, -0.2) is 35.4 Å². The van der Waals surface area contributed by atoms with Crippen LogP contribution in [0.2, 0.25) is 0 Å². The number of nitrogens with zero attached hydrogens (tertiary/aromatic N) is 1. The minimum atomic E-state index is -0.0354. The van der Waals surface area contributed by atoms with Crippen LogP contribution in [0.3, 0.4) is 0 Å². The average Bonchev–Trinajstić information content (AvgIpc) is 2.75. The predicted molar refractivity (Wildman–Crippen MR) is 102 cm³/mol. The summed E-state index contributed by atoms with van der Waals surface area (Å²) in [5.41, 5.74) is 0.859. The molecule has 1 fully saturated rings. The number of carbonyl (C=O) groups is 1. The second-order valence-corrected chi connectivity index (χ2v) is 7.33. The molecule has 0 bridgehead atoms. The van der Waals surface area contributed by atoms with Crippen molar-refractivity contribution in [3.63, 3.8) is 0 Å². The Hall–Kier alpha value is -1.05. The van der Waals surface area contributed by atoms with E-state index in [9.17, 15) is 4.79 Å². The Morgan fingerprint density at radius 3 is 2.74 bits per heavy atom. The number of rotatable bonds is 6. The zero-order valence-electron chi connectivity index (χ0n) is 13.2.